The van der Waals surface area contributed by atoms with Crippen LogP contribution in [0.2, 0.25) is 5.02 Å². The van der Waals surface area contributed by atoms with E-state index in [-0.39, 0.29) is 5.97 Å². The fraction of sp³-hybridized carbons (Fsp3) is 0.500. The number of hydrogen-bond donors (Lipinski definition) is 1. The summed E-state index contributed by atoms with van der Waals surface area (Å²) in [6.07, 6.45) is 3.06. The number of carbonyl (C=O) groups excluding carboxylic acids is 1. The van der Waals surface area contributed by atoms with Crippen molar-refractivity contribution in [2.24, 2.45) is 0 Å². The maximum atomic E-state index is 10.5. The van der Waals surface area contributed by atoms with Gasteiger partial charge < -0.3 is 10.1 Å². The van der Waals surface area contributed by atoms with Gasteiger partial charge in [-0.05, 0) is 37.4 Å². The molecule has 4 heteroatoms. The molecule has 0 saturated heterocycles. The highest BCUT2D eigenvalue weighted by Gasteiger charge is 1.98. The Kier molecular flexibility index (Phi) is 7.46. The smallest absolute Gasteiger partial charge is 0.302 e. The van der Waals surface area contributed by atoms with Gasteiger partial charge in [-0.15, -0.1) is 0 Å². The van der Waals surface area contributed by atoms with Gasteiger partial charge in [-0.3, -0.25) is 4.79 Å². The van der Waals surface area contributed by atoms with Crippen LogP contribution in [0.1, 0.15) is 31.7 Å². The molecule has 0 atom stereocenters. The molecule has 0 aliphatic carbocycles. The number of ether oxygens (including phenoxy) is 1. The molecule has 1 N–H and O–H groups in total. The van der Waals surface area contributed by atoms with Crippen LogP contribution in [0.5, 0.6) is 0 Å². The molecule has 18 heavy (non-hydrogen) atoms. The zero-order valence-corrected chi connectivity index (χ0v) is 11.5. The van der Waals surface area contributed by atoms with Gasteiger partial charge in [0.25, 0.3) is 0 Å². The highest BCUT2D eigenvalue weighted by Crippen LogP contribution is 2.14. The summed E-state index contributed by atoms with van der Waals surface area (Å²) < 4.78 is 4.86. The van der Waals surface area contributed by atoms with Gasteiger partial charge in [0, 0.05) is 18.5 Å². The Morgan fingerprint density at radius 1 is 1.28 bits per heavy atom. The van der Waals surface area contributed by atoms with Crippen molar-refractivity contribution in [1.29, 1.82) is 0 Å². The first-order valence-corrected chi connectivity index (χ1v) is 6.65. The number of hydrogen-bond acceptors (Lipinski definition) is 3. The number of esters is 1. The van der Waals surface area contributed by atoms with E-state index in [9.17, 15) is 4.79 Å². The molecule has 0 heterocycles. The third-order valence-corrected chi connectivity index (χ3v) is 2.95. The van der Waals surface area contributed by atoms with Crippen molar-refractivity contribution in [3.8, 4) is 0 Å². The van der Waals surface area contributed by atoms with Gasteiger partial charge >= 0.3 is 5.97 Å². The standard InChI is InChI=1S/C14H20ClNO2/c1-12(17)18-10-6-2-5-9-16-11-13-7-3-4-8-14(13)15/h3-4,7-8,16H,2,5-6,9-11H2,1H3. The topological polar surface area (TPSA) is 38.3 Å². The van der Waals surface area contributed by atoms with Crippen molar-refractivity contribution < 1.29 is 9.53 Å². The van der Waals surface area contributed by atoms with E-state index in [0.717, 1.165) is 42.9 Å². The van der Waals surface area contributed by atoms with Crippen LogP contribution < -0.4 is 5.32 Å². The Balaban J connectivity index is 1.99. The quantitative estimate of drug-likeness (QED) is 0.582. The number of nitrogens with one attached hydrogen (secondary N) is 1. The molecular formula is C14H20ClNO2. The SMILES string of the molecule is CC(=O)OCCCCCNCc1ccccc1Cl. The minimum atomic E-state index is -0.202. The summed E-state index contributed by atoms with van der Waals surface area (Å²) in [6.45, 7) is 3.71. The normalized spacial score (nSPS) is 10.3. The third kappa shape index (κ3) is 6.62. The lowest BCUT2D eigenvalue weighted by Gasteiger charge is -2.06. The van der Waals surface area contributed by atoms with Crippen molar-refractivity contribution in [2.75, 3.05) is 13.2 Å². The predicted molar refractivity (Wildman–Crippen MR) is 73.6 cm³/mol. The third-order valence-electron chi connectivity index (χ3n) is 2.58. The second-order valence-electron chi connectivity index (χ2n) is 4.17. The monoisotopic (exact) mass is 269 g/mol. The molecule has 3 nitrogen and oxygen atoms in total. The molecule has 0 unspecified atom stereocenters. The summed E-state index contributed by atoms with van der Waals surface area (Å²) in [4.78, 5) is 10.5. The average molecular weight is 270 g/mol. The van der Waals surface area contributed by atoms with E-state index < -0.39 is 0 Å². The van der Waals surface area contributed by atoms with Gasteiger partial charge in [0.05, 0.1) is 6.61 Å². The van der Waals surface area contributed by atoms with Crippen LogP contribution in [0.4, 0.5) is 0 Å². The van der Waals surface area contributed by atoms with Gasteiger partial charge in [-0.1, -0.05) is 29.8 Å². The summed E-state index contributed by atoms with van der Waals surface area (Å²) >= 11 is 6.05. The zero-order chi connectivity index (χ0) is 13.2. The van der Waals surface area contributed by atoms with Crippen LogP contribution >= 0.6 is 11.6 Å². The lowest BCUT2D eigenvalue weighted by atomic mass is 10.2. The average Bonchev–Trinajstić information content (AvgIpc) is 2.34. The van der Waals surface area contributed by atoms with Crippen LogP contribution in [0, 0.1) is 0 Å². The van der Waals surface area contributed by atoms with Crippen LogP contribution in [0.25, 0.3) is 0 Å². The maximum absolute atomic E-state index is 10.5. The molecular weight excluding hydrogens is 250 g/mol. The van der Waals surface area contributed by atoms with Gasteiger partial charge in [0.1, 0.15) is 0 Å². The molecule has 0 fully saturated rings. The Hall–Kier alpha value is -1.06. The molecule has 0 spiro atoms. The summed E-state index contributed by atoms with van der Waals surface area (Å²) in [5, 5.41) is 4.16. The van der Waals surface area contributed by atoms with Crippen molar-refractivity contribution >= 4 is 17.6 Å². The van der Waals surface area contributed by atoms with Crippen molar-refractivity contribution in [2.45, 2.75) is 32.7 Å². The maximum Gasteiger partial charge on any atom is 0.302 e. The van der Waals surface area contributed by atoms with E-state index >= 15 is 0 Å². The molecule has 100 valence electrons. The Labute approximate surface area is 113 Å². The summed E-state index contributed by atoms with van der Waals surface area (Å²) in [7, 11) is 0. The first kappa shape index (κ1) is 15.0. The van der Waals surface area contributed by atoms with Gasteiger partial charge in [0.2, 0.25) is 0 Å². The second kappa shape index (κ2) is 8.95. The van der Waals surface area contributed by atoms with Crippen LogP contribution in [-0.2, 0) is 16.1 Å². The lowest BCUT2D eigenvalue weighted by Crippen LogP contribution is -2.15. The summed E-state index contributed by atoms with van der Waals surface area (Å²) in [5.41, 5.74) is 1.12. The molecule has 1 aromatic carbocycles. The Morgan fingerprint density at radius 3 is 2.78 bits per heavy atom. The second-order valence-corrected chi connectivity index (χ2v) is 4.58. The predicted octanol–water partition coefficient (Wildman–Crippen LogP) is 3.16. The molecule has 0 amide bonds. The number of benzene rings is 1. The van der Waals surface area contributed by atoms with Gasteiger partial charge in [0.15, 0.2) is 0 Å². The highest BCUT2D eigenvalue weighted by atomic mass is 35.5. The number of unbranched alkanes of at least 4 members (excludes halogenated alkanes) is 2. The van der Waals surface area contributed by atoms with E-state index in [1.54, 1.807) is 0 Å². The number of rotatable bonds is 8. The molecule has 0 radical (unpaired) electrons. The minimum absolute atomic E-state index is 0.202. The van der Waals surface area contributed by atoms with Crippen LogP contribution in [0.3, 0.4) is 0 Å². The molecule has 0 saturated carbocycles. The fourth-order valence-electron chi connectivity index (χ4n) is 1.61. The largest absolute Gasteiger partial charge is 0.466 e. The Bertz CT molecular complexity index is 369. The van der Waals surface area contributed by atoms with Crippen LogP contribution in [-0.4, -0.2) is 19.1 Å². The van der Waals surface area contributed by atoms with Gasteiger partial charge in [-0.2, -0.15) is 0 Å². The van der Waals surface area contributed by atoms with E-state index in [1.165, 1.54) is 6.92 Å². The van der Waals surface area contributed by atoms with Crippen molar-refractivity contribution in [3.05, 3.63) is 34.9 Å². The van der Waals surface area contributed by atoms with Crippen molar-refractivity contribution in [1.82, 2.24) is 5.32 Å². The van der Waals surface area contributed by atoms with Crippen molar-refractivity contribution in [3.63, 3.8) is 0 Å². The molecule has 0 aliphatic heterocycles. The van der Waals surface area contributed by atoms with Crippen LogP contribution in [0.15, 0.2) is 24.3 Å². The van der Waals surface area contributed by atoms with E-state index in [0.29, 0.717) is 6.61 Å². The summed E-state index contributed by atoms with van der Waals surface area (Å²) in [5.74, 6) is -0.202. The summed E-state index contributed by atoms with van der Waals surface area (Å²) in [6, 6.07) is 7.84. The number of halogens is 1. The first-order valence-electron chi connectivity index (χ1n) is 6.27. The first-order chi connectivity index (χ1) is 8.70. The lowest BCUT2D eigenvalue weighted by molar-refractivity contribution is -0.141. The fourth-order valence-corrected chi connectivity index (χ4v) is 1.81. The van der Waals surface area contributed by atoms with E-state index in [1.807, 2.05) is 24.3 Å². The molecule has 1 aromatic rings. The number of carbonyl (C=O) groups is 1. The highest BCUT2D eigenvalue weighted by molar-refractivity contribution is 6.31. The molecule has 0 aliphatic rings. The van der Waals surface area contributed by atoms with Gasteiger partial charge in [-0.25, -0.2) is 0 Å². The Morgan fingerprint density at radius 2 is 2.06 bits per heavy atom. The van der Waals surface area contributed by atoms with E-state index in [2.05, 4.69) is 5.32 Å². The molecule has 0 bridgehead atoms. The van der Waals surface area contributed by atoms with E-state index in [4.69, 9.17) is 16.3 Å². The zero-order valence-electron chi connectivity index (χ0n) is 10.7. The minimum Gasteiger partial charge on any atom is -0.466 e. The molecule has 0 aromatic heterocycles. The molecule has 1 rings (SSSR count).